The highest BCUT2D eigenvalue weighted by Crippen LogP contribution is 2.40. The Morgan fingerprint density at radius 1 is 1.35 bits per heavy atom. The highest BCUT2D eigenvalue weighted by molar-refractivity contribution is 7.21. The third kappa shape index (κ3) is 2.70. The number of aromatic nitrogens is 1. The number of thiophene rings is 1. The van der Waals surface area contributed by atoms with Gasteiger partial charge in [0.15, 0.2) is 0 Å². The van der Waals surface area contributed by atoms with E-state index in [1.165, 1.54) is 11.3 Å². The molecule has 0 aromatic carbocycles. The van der Waals surface area contributed by atoms with E-state index >= 15 is 0 Å². The maximum atomic E-state index is 12.7. The van der Waals surface area contributed by atoms with Gasteiger partial charge in [0, 0.05) is 18.5 Å². The van der Waals surface area contributed by atoms with E-state index in [2.05, 4.69) is 11.1 Å². The summed E-state index contributed by atoms with van der Waals surface area (Å²) in [5, 5.41) is 10.1. The van der Waals surface area contributed by atoms with Crippen LogP contribution in [0.15, 0.2) is 0 Å². The summed E-state index contributed by atoms with van der Waals surface area (Å²) in [6.45, 7) is 9.01. The minimum absolute atomic E-state index is 0.0470. The van der Waals surface area contributed by atoms with E-state index in [0.717, 1.165) is 5.56 Å². The number of nitrogens with two attached hydrogens (primary N) is 2. The molecule has 1 amide bonds. The molecule has 0 bridgehead atoms. The van der Waals surface area contributed by atoms with E-state index in [4.69, 9.17) is 11.5 Å². The molecule has 0 fully saturated rings. The molecule has 2 rings (SSSR count). The van der Waals surface area contributed by atoms with Gasteiger partial charge < -0.3 is 16.4 Å². The molecule has 2 aromatic rings. The highest BCUT2D eigenvalue weighted by Gasteiger charge is 2.26. The number of amides is 1. The molecule has 7 heteroatoms. The van der Waals surface area contributed by atoms with Gasteiger partial charge in [0.25, 0.3) is 5.91 Å². The Kier molecular flexibility index (Phi) is 4.76. The smallest absolute Gasteiger partial charge is 0.266 e. The third-order valence-electron chi connectivity index (χ3n) is 3.88. The molecule has 0 saturated carbocycles. The van der Waals surface area contributed by atoms with Crippen molar-refractivity contribution in [1.82, 2.24) is 9.88 Å². The van der Waals surface area contributed by atoms with Crippen LogP contribution in [0.5, 0.6) is 0 Å². The van der Waals surface area contributed by atoms with Crippen LogP contribution < -0.4 is 11.5 Å². The standard InChI is InChI=1S/C16H21N5OS/c1-5-21(6-2)16(22)13-12(18)11-10(8(3)4)9(7-17)14(19)20-15(11)23-13/h8H,5-6,18H2,1-4H3,(H2,19,20). The molecular weight excluding hydrogens is 310 g/mol. The first-order chi connectivity index (χ1) is 10.9. The molecular formula is C16H21N5OS. The van der Waals surface area contributed by atoms with E-state index in [1.807, 2.05) is 27.7 Å². The summed E-state index contributed by atoms with van der Waals surface area (Å²) in [5.74, 6) is 0.125. The Balaban J connectivity index is 2.80. The molecule has 0 aliphatic carbocycles. The van der Waals surface area contributed by atoms with Gasteiger partial charge in [-0.1, -0.05) is 13.8 Å². The van der Waals surface area contributed by atoms with Gasteiger partial charge in [0.1, 0.15) is 21.6 Å². The van der Waals surface area contributed by atoms with Crippen LogP contribution in [0.2, 0.25) is 0 Å². The first-order valence-electron chi connectivity index (χ1n) is 7.57. The van der Waals surface area contributed by atoms with Gasteiger partial charge in [-0.3, -0.25) is 4.79 Å². The predicted octanol–water partition coefficient (Wildman–Crippen LogP) is 2.94. The van der Waals surface area contributed by atoms with E-state index < -0.39 is 0 Å². The summed E-state index contributed by atoms with van der Waals surface area (Å²) in [6.07, 6.45) is 0. The Bertz CT molecular complexity index is 799. The summed E-state index contributed by atoms with van der Waals surface area (Å²) < 4.78 is 0. The zero-order valence-corrected chi connectivity index (χ0v) is 14.6. The topological polar surface area (TPSA) is 109 Å². The Morgan fingerprint density at radius 3 is 2.43 bits per heavy atom. The number of hydrogen-bond donors (Lipinski definition) is 2. The number of rotatable bonds is 4. The largest absolute Gasteiger partial charge is 0.397 e. The van der Waals surface area contributed by atoms with Crippen LogP contribution >= 0.6 is 11.3 Å². The SMILES string of the molecule is CCN(CC)C(=O)c1sc2nc(N)c(C#N)c(C(C)C)c2c1N. The predicted molar refractivity (Wildman–Crippen MR) is 94.5 cm³/mol. The van der Waals surface area contributed by atoms with Gasteiger partial charge in [0.05, 0.1) is 11.3 Å². The Hall–Kier alpha value is -2.33. The molecule has 0 aliphatic rings. The maximum Gasteiger partial charge on any atom is 0.266 e. The van der Waals surface area contributed by atoms with Crippen molar-refractivity contribution < 1.29 is 4.79 Å². The minimum atomic E-state index is -0.109. The maximum absolute atomic E-state index is 12.7. The van der Waals surface area contributed by atoms with Gasteiger partial charge in [-0.15, -0.1) is 11.3 Å². The number of nitrogens with zero attached hydrogens (tertiary/aromatic N) is 3. The fourth-order valence-electron chi connectivity index (χ4n) is 2.71. The number of fused-ring (bicyclic) bond motifs is 1. The lowest BCUT2D eigenvalue weighted by Crippen LogP contribution is -2.30. The van der Waals surface area contributed by atoms with Crippen molar-refractivity contribution in [2.24, 2.45) is 0 Å². The molecule has 4 N–H and O–H groups in total. The monoisotopic (exact) mass is 331 g/mol. The summed E-state index contributed by atoms with van der Waals surface area (Å²) >= 11 is 1.24. The molecule has 23 heavy (non-hydrogen) atoms. The van der Waals surface area contributed by atoms with Crippen LogP contribution in [0.1, 0.15) is 54.4 Å². The van der Waals surface area contributed by atoms with Gasteiger partial charge in [-0.25, -0.2) is 4.98 Å². The normalized spacial score (nSPS) is 11.0. The average Bonchev–Trinajstić information content (AvgIpc) is 2.83. The lowest BCUT2D eigenvalue weighted by atomic mass is 9.95. The van der Waals surface area contributed by atoms with Crippen molar-refractivity contribution in [3.05, 3.63) is 16.0 Å². The molecule has 2 aromatic heterocycles. The second-order valence-corrected chi connectivity index (χ2v) is 6.55. The number of carbonyl (C=O) groups excluding carboxylic acids is 1. The summed E-state index contributed by atoms with van der Waals surface area (Å²) in [4.78, 5) is 19.7. The van der Waals surface area contributed by atoms with Gasteiger partial charge >= 0.3 is 0 Å². The first-order valence-corrected chi connectivity index (χ1v) is 8.39. The van der Waals surface area contributed by atoms with Crippen LogP contribution in [0.4, 0.5) is 11.5 Å². The average molecular weight is 331 g/mol. The second-order valence-electron chi connectivity index (χ2n) is 5.55. The van der Waals surface area contributed by atoms with Crippen LogP contribution in [0.25, 0.3) is 10.2 Å². The first kappa shape index (κ1) is 17.0. The molecule has 122 valence electrons. The van der Waals surface area contributed by atoms with E-state index in [-0.39, 0.29) is 17.6 Å². The zero-order chi connectivity index (χ0) is 17.3. The van der Waals surface area contributed by atoms with Crippen LogP contribution in [-0.2, 0) is 0 Å². The summed E-state index contributed by atoms with van der Waals surface area (Å²) in [5.41, 5.74) is 13.7. The molecule has 0 atom stereocenters. The molecule has 0 aliphatic heterocycles. The van der Waals surface area contributed by atoms with Crippen LogP contribution in [-0.4, -0.2) is 28.9 Å². The van der Waals surface area contributed by atoms with Crippen molar-refractivity contribution in [1.29, 1.82) is 5.26 Å². The molecule has 0 saturated heterocycles. The van der Waals surface area contributed by atoms with E-state index in [0.29, 0.717) is 39.4 Å². The van der Waals surface area contributed by atoms with Gasteiger partial charge in [-0.05, 0) is 25.3 Å². The number of nitrogen functional groups attached to an aromatic ring is 2. The number of hydrogen-bond acceptors (Lipinski definition) is 6. The van der Waals surface area contributed by atoms with E-state index in [9.17, 15) is 10.1 Å². The van der Waals surface area contributed by atoms with Crippen molar-refractivity contribution in [2.75, 3.05) is 24.6 Å². The lowest BCUT2D eigenvalue weighted by molar-refractivity contribution is 0.0779. The Labute approximate surface area is 139 Å². The summed E-state index contributed by atoms with van der Waals surface area (Å²) in [6, 6.07) is 2.11. The molecule has 6 nitrogen and oxygen atoms in total. The molecule has 2 heterocycles. The fourth-order valence-corrected chi connectivity index (χ4v) is 3.79. The quantitative estimate of drug-likeness (QED) is 0.895. The third-order valence-corrected chi connectivity index (χ3v) is 4.96. The van der Waals surface area contributed by atoms with Gasteiger partial charge in [-0.2, -0.15) is 5.26 Å². The van der Waals surface area contributed by atoms with Gasteiger partial charge in [0.2, 0.25) is 0 Å². The highest BCUT2D eigenvalue weighted by atomic mass is 32.1. The Morgan fingerprint density at radius 2 is 1.96 bits per heavy atom. The molecule has 0 unspecified atom stereocenters. The minimum Gasteiger partial charge on any atom is -0.397 e. The van der Waals surface area contributed by atoms with Crippen molar-refractivity contribution in [3.8, 4) is 6.07 Å². The second kappa shape index (κ2) is 6.42. The number of carbonyl (C=O) groups is 1. The van der Waals surface area contributed by atoms with E-state index in [1.54, 1.807) is 4.90 Å². The van der Waals surface area contributed by atoms with Crippen molar-refractivity contribution >= 4 is 39.0 Å². The number of pyridine rings is 1. The zero-order valence-electron chi connectivity index (χ0n) is 13.8. The molecule has 0 radical (unpaired) electrons. The summed E-state index contributed by atoms with van der Waals surface area (Å²) in [7, 11) is 0. The molecule has 0 spiro atoms. The van der Waals surface area contributed by atoms with Crippen LogP contribution in [0, 0.1) is 11.3 Å². The lowest BCUT2D eigenvalue weighted by Gasteiger charge is -2.18. The number of nitriles is 1. The fraction of sp³-hybridized carbons (Fsp3) is 0.438. The van der Waals surface area contributed by atoms with Crippen LogP contribution in [0.3, 0.4) is 0 Å². The van der Waals surface area contributed by atoms with Crippen molar-refractivity contribution in [2.45, 2.75) is 33.6 Å². The van der Waals surface area contributed by atoms with Crippen molar-refractivity contribution in [3.63, 3.8) is 0 Å². The number of anilines is 2.